The molecule has 1 heterocycles. The molecule has 0 amide bonds. The Bertz CT molecular complexity index is 544. The van der Waals surface area contributed by atoms with Crippen molar-refractivity contribution in [3.05, 3.63) is 66.0 Å². The minimum atomic E-state index is 1.15. The Morgan fingerprint density at radius 3 is 2.47 bits per heavy atom. The van der Waals surface area contributed by atoms with E-state index in [1.165, 1.54) is 16.8 Å². The molecule has 17 heavy (non-hydrogen) atoms. The third-order valence-corrected chi connectivity index (χ3v) is 2.84. The molecular weight excluding hydrogens is 206 g/mol. The number of hydrogen-bond donors (Lipinski definition) is 0. The van der Waals surface area contributed by atoms with Gasteiger partial charge in [0, 0.05) is 17.4 Å². The van der Waals surface area contributed by atoms with Crippen LogP contribution in [0.2, 0.25) is 0 Å². The summed E-state index contributed by atoms with van der Waals surface area (Å²) in [6, 6.07) is 10.3. The van der Waals surface area contributed by atoms with E-state index in [4.69, 9.17) is 0 Å². The van der Waals surface area contributed by atoms with Gasteiger partial charge in [0.15, 0.2) is 0 Å². The van der Waals surface area contributed by atoms with Crippen molar-refractivity contribution in [1.29, 1.82) is 0 Å². The van der Waals surface area contributed by atoms with E-state index in [0.717, 1.165) is 5.69 Å². The summed E-state index contributed by atoms with van der Waals surface area (Å²) < 4.78 is 2.18. The number of nitrogens with zero attached hydrogens (tertiary/aromatic N) is 1. The molecule has 1 aromatic heterocycles. The molecule has 86 valence electrons. The summed E-state index contributed by atoms with van der Waals surface area (Å²) in [4.78, 5) is 0. The summed E-state index contributed by atoms with van der Waals surface area (Å²) in [7, 11) is 0. The summed E-state index contributed by atoms with van der Waals surface area (Å²) in [5.74, 6) is 0. The van der Waals surface area contributed by atoms with Gasteiger partial charge in [-0.15, -0.1) is 0 Å². The van der Waals surface area contributed by atoms with Crippen molar-refractivity contribution in [3.63, 3.8) is 0 Å². The molecule has 0 radical (unpaired) electrons. The summed E-state index contributed by atoms with van der Waals surface area (Å²) >= 11 is 0. The molecule has 0 spiro atoms. The zero-order valence-corrected chi connectivity index (χ0v) is 10.4. The van der Waals surface area contributed by atoms with E-state index in [9.17, 15) is 0 Å². The van der Waals surface area contributed by atoms with Crippen LogP contribution in [-0.4, -0.2) is 4.57 Å². The van der Waals surface area contributed by atoms with Gasteiger partial charge in [-0.25, -0.2) is 0 Å². The first-order valence-corrected chi connectivity index (χ1v) is 5.80. The van der Waals surface area contributed by atoms with Crippen molar-refractivity contribution in [2.45, 2.75) is 13.8 Å². The second-order valence-electron chi connectivity index (χ2n) is 4.02. The van der Waals surface area contributed by atoms with Crippen molar-refractivity contribution in [2.24, 2.45) is 0 Å². The standard InChI is InChI=1S/C16H17N/c1-4-9-15-13(3)12-17(16(15)5-2)14-10-7-6-8-11-14/h4-12H,2H2,1,3H3/b9-4-. The Kier molecular flexibility index (Phi) is 3.29. The van der Waals surface area contributed by atoms with E-state index in [0.29, 0.717) is 0 Å². The van der Waals surface area contributed by atoms with Crippen molar-refractivity contribution >= 4 is 12.2 Å². The van der Waals surface area contributed by atoms with Gasteiger partial charge in [0.25, 0.3) is 0 Å². The molecule has 0 atom stereocenters. The average Bonchev–Trinajstić information content (AvgIpc) is 2.68. The third kappa shape index (κ3) is 2.09. The molecule has 1 nitrogen and oxygen atoms in total. The van der Waals surface area contributed by atoms with Gasteiger partial charge in [-0.05, 0) is 37.6 Å². The van der Waals surface area contributed by atoms with Crippen molar-refractivity contribution in [2.75, 3.05) is 0 Å². The molecule has 2 rings (SSSR count). The molecule has 2 aromatic rings. The van der Waals surface area contributed by atoms with Gasteiger partial charge in [0.05, 0.1) is 5.69 Å². The highest BCUT2D eigenvalue weighted by molar-refractivity contribution is 5.67. The predicted molar refractivity (Wildman–Crippen MR) is 75.3 cm³/mol. The molecule has 0 aliphatic rings. The summed E-state index contributed by atoms with van der Waals surface area (Å²) in [5.41, 5.74) is 4.82. The van der Waals surface area contributed by atoms with E-state index in [2.05, 4.69) is 48.6 Å². The Morgan fingerprint density at radius 2 is 1.88 bits per heavy atom. The van der Waals surface area contributed by atoms with E-state index in [-0.39, 0.29) is 0 Å². The lowest BCUT2D eigenvalue weighted by Gasteiger charge is -2.06. The normalized spacial score (nSPS) is 10.9. The van der Waals surface area contributed by atoms with Gasteiger partial charge in [-0.1, -0.05) is 36.9 Å². The van der Waals surface area contributed by atoms with Crippen LogP contribution in [-0.2, 0) is 0 Å². The molecule has 1 aromatic carbocycles. The Balaban J connectivity index is 2.64. The lowest BCUT2D eigenvalue weighted by atomic mass is 10.1. The molecule has 0 saturated carbocycles. The molecule has 1 heteroatoms. The molecule has 0 fully saturated rings. The first kappa shape index (κ1) is 11.5. The Labute approximate surface area is 103 Å². The lowest BCUT2D eigenvalue weighted by Crippen LogP contribution is -1.94. The van der Waals surface area contributed by atoms with Gasteiger partial charge < -0.3 is 4.57 Å². The first-order valence-electron chi connectivity index (χ1n) is 5.80. The highest BCUT2D eigenvalue weighted by Gasteiger charge is 2.09. The number of aryl methyl sites for hydroxylation is 1. The molecule has 0 aliphatic carbocycles. The summed E-state index contributed by atoms with van der Waals surface area (Å²) in [5, 5.41) is 0. The van der Waals surface area contributed by atoms with Gasteiger partial charge in [0.1, 0.15) is 0 Å². The van der Waals surface area contributed by atoms with E-state index >= 15 is 0 Å². The molecule has 0 bridgehead atoms. The molecule has 0 unspecified atom stereocenters. The van der Waals surface area contributed by atoms with Gasteiger partial charge >= 0.3 is 0 Å². The fraction of sp³-hybridized carbons (Fsp3) is 0.125. The number of para-hydroxylation sites is 1. The SMILES string of the molecule is C=Cc1c(/C=C\C)c(C)cn1-c1ccccc1. The fourth-order valence-electron chi connectivity index (χ4n) is 2.06. The number of allylic oxidation sites excluding steroid dienone is 1. The first-order chi connectivity index (χ1) is 8.27. The molecule has 0 saturated heterocycles. The number of hydrogen-bond acceptors (Lipinski definition) is 0. The van der Waals surface area contributed by atoms with Crippen molar-refractivity contribution in [3.8, 4) is 5.69 Å². The van der Waals surface area contributed by atoms with Crippen LogP contribution >= 0.6 is 0 Å². The lowest BCUT2D eigenvalue weighted by molar-refractivity contribution is 1.06. The van der Waals surface area contributed by atoms with Gasteiger partial charge in [-0.2, -0.15) is 0 Å². The van der Waals surface area contributed by atoms with Crippen LogP contribution < -0.4 is 0 Å². The topological polar surface area (TPSA) is 4.93 Å². The van der Waals surface area contributed by atoms with Crippen molar-refractivity contribution < 1.29 is 0 Å². The van der Waals surface area contributed by atoms with Crippen LogP contribution in [0.3, 0.4) is 0 Å². The maximum absolute atomic E-state index is 3.92. The Morgan fingerprint density at radius 1 is 1.18 bits per heavy atom. The zero-order chi connectivity index (χ0) is 12.3. The van der Waals surface area contributed by atoms with Crippen LogP contribution in [0.15, 0.2) is 49.2 Å². The Hall–Kier alpha value is -2.02. The second kappa shape index (κ2) is 4.88. The van der Waals surface area contributed by atoms with E-state index in [1.54, 1.807) is 0 Å². The maximum Gasteiger partial charge on any atom is 0.0525 e. The smallest absolute Gasteiger partial charge is 0.0525 e. The van der Waals surface area contributed by atoms with Crippen LogP contribution in [0.4, 0.5) is 0 Å². The molecule has 0 aliphatic heterocycles. The largest absolute Gasteiger partial charge is 0.316 e. The highest BCUT2D eigenvalue weighted by Crippen LogP contribution is 2.23. The highest BCUT2D eigenvalue weighted by atomic mass is 15.0. The monoisotopic (exact) mass is 223 g/mol. The average molecular weight is 223 g/mol. The zero-order valence-electron chi connectivity index (χ0n) is 10.4. The fourth-order valence-corrected chi connectivity index (χ4v) is 2.06. The van der Waals surface area contributed by atoms with E-state index in [1.807, 2.05) is 31.2 Å². The van der Waals surface area contributed by atoms with Crippen LogP contribution in [0, 0.1) is 6.92 Å². The van der Waals surface area contributed by atoms with Crippen LogP contribution in [0.5, 0.6) is 0 Å². The molecular formula is C16H17N. The summed E-state index contributed by atoms with van der Waals surface area (Å²) in [6.07, 6.45) is 8.26. The maximum atomic E-state index is 3.92. The second-order valence-corrected chi connectivity index (χ2v) is 4.02. The van der Waals surface area contributed by atoms with Crippen molar-refractivity contribution in [1.82, 2.24) is 4.57 Å². The van der Waals surface area contributed by atoms with Crippen LogP contribution in [0.1, 0.15) is 23.7 Å². The number of aromatic nitrogens is 1. The molecule has 0 N–H and O–H groups in total. The van der Waals surface area contributed by atoms with Gasteiger partial charge in [0.2, 0.25) is 0 Å². The number of benzene rings is 1. The quantitative estimate of drug-likeness (QED) is 0.724. The minimum absolute atomic E-state index is 1.15. The minimum Gasteiger partial charge on any atom is -0.316 e. The van der Waals surface area contributed by atoms with E-state index < -0.39 is 0 Å². The third-order valence-electron chi connectivity index (χ3n) is 2.84. The predicted octanol–water partition coefficient (Wildman–Crippen LogP) is 4.46. The summed E-state index contributed by atoms with van der Waals surface area (Å²) in [6.45, 7) is 8.08. The van der Waals surface area contributed by atoms with Crippen LogP contribution in [0.25, 0.3) is 17.8 Å². The van der Waals surface area contributed by atoms with Gasteiger partial charge in [-0.3, -0.25) is 0 Å². The number of rotatable bonds is 3.